The van der Waals surface area contributed by atoms with Crippen LogP contribution in [-0.4, -0.2) is 28.6 Å². The Hall–Kier alpha value is -2.83. The summed E-state index contributed by atoms with van der Waals surface area (Å²) in [6, 6.07) is 16.8. The number of amides is 1. The Kier molecular flexibility index (Phi) is 6.06. The van der Waals surface area contributed by atoms with Gasteiger partial charge in [-0.1, -0.05) is 48.0 Å². The van der Waals surface area contributed by atoms with E-state index in [1.54, 1.807) is 17.0 Å². The first-order valence-corrected chi connectivity index (χ1v) is 10.9. The summed E-state index contributed by atoms with van der Waals surface area (Å²) in [5.74, 6) is 0.560. The number of hydrogen-bond donors (Lipinski definition) is 2. The Balaban J connectivity index is 1.67. The summed E-state index contributed by atoms with van der Waals surface area (Å²) in [5, 5.41) is 9.09. The van der Waals surface area contributed by atoms with Crippen LogP contribution in [0.5, 0.6) is 0 Å². The fourth-order valence-electron chi connectivity index (χ4n) is 3.63. The predicted molar refractivity (Wildman–Crippen MR) is 121 cm³/mol. The van der Waals surface area contributed by atoms with Gasteiger partial charge < -0.3 is 15.3 Å². The summed E-state index contributed by atoms with van der Waals surface area (Å²) in [5.41, 5.74) is 3.48. The molecule has 0 aliphatic carbocycles. The van der Waals surface area contributed by atoms with Gasteiger partial charge in [-0.15, -0.1) is 11.8 Å². The highest BCUT2D eigenvalue weighted by Crippen LogP contribution is 2.32. The van der Waals surface area contributed by atoms with Crippen molar-refractivity contribution in [3.8, 4) is 0 Å². The third-order valence-electron chi connectivity index (χ3n) is 5.20. The molecular formula is C23H20ClN3O2S. The van der Waals surface area contributed by atoms with Gasteiger partial charge in [-0.3, -0.25) is 9.59 Å². The van der Waals surface area contributed by atoms with Crippen LogP contribution in [-0.2, 0) is 18.7 Å². The number of rotatable bonds is 5. The Morgan fingerprint density at radius 3 is 2.60 bits per heavy atom. The number of H-pyrrole nitrogens is 1. The first-order valence-electron chi connectivity index (χ1n) is 9.57. The fourth-order valence-corrected chi connectivity index (χ4v) is 4.99. The monoisotopic (exact) mass is 437 g/mol. The third-order valence-corrected chi connectivity index (χ3v) is 6.66. The molecule has 30 heavy (non-hydrogen) atoms. The minimum absolute atomic E-state index is 0.0362. The molecular weight excluding hydrogens is 418 g/mol. The maximum Gasteiger partial charge on any atom is 0.257 e. The van der Waals surface area contributed by atoms with Crippen LogP contribution < -0.4 is 5.56 Å². The lowest BCUT2D eigenvalue weighted by Gasteiger charge is -2.31. The molecule has 0 saturated heterocycles. The highest BCUT2D eigenvalue weighted by atomic mass is 35.5. The quantitative estimate of drug-likeness (QED) is 0.455. The van der Waals surface area contributed by atoms with E-state index in [9.17, 15) is 9.59 Å². The van der Waals surface area contributed by atoms with Crippen molar-refractivity contribution in [2.24, 2.45) is 0 Å². The van der Waals surface area contributed by atoms with Gasteiger partial charge in [0.15, 0.2) is 0 Å². The summed E-state index contributed by atoms with van der Waals surface area (Å²) in [6.45, 7) is 0.908. The zero-order chi connectivity index (χ0) is 21.1. The molecule has 152 valence electrons. The number of aromatic amines is 1. The first kappa shape index (κ1) is 20.4. The van der Waals surface area contributed by atoms with Crippen LogP contribution in [0.3, 0.4) is 0 Å². The van der Waals surface area contributed by atoms with Crippen LogP contribution in [0.4, 0.5) is 0 Å². The summed E-state index contributed by atoms with van der Waals surface area (Å²) in [4.78, 5) is 30.2. The molecule has 0 unspecified atom stereocenters. The number of fused-ring (bicyclic) bond motifs is 1. The Morgan fingerprint density at radius 2 is 1.87 bits per heavy atom. The first-order chi connectivity index (χ1) is 14.6. The van der Waals surface area contributed by atoms with E-state index in [-0.39, 0.29) is 11.5 Å². The molecule has 3 aromatic rings. The summed E-state index contributed by atoms with van der Waals surface area (Å²) >= 11 is 7.77. The van der Waals surface area contributed by atoms with Gasteiger partial charge in [0.2, 0.25) is 0 Å². The van der Waals surface area contributed by atoms with Gasteiger partial charge in [0.1, 0.15) is 0 Å². The molecule has 2 N–H and O–H groups in total. The van der Waals surface area contributed by atoms with E-state index in [0.717, 1.165) is 27.9 Å². The zero-order valence-corrected chi connectivity index (χ0v) is 17.7. The molecule has 1 aliphatic heterocycles. The molecule has 0 fully saturated rings. The SMILES string of the molecule is N=Cc1c2c(c(SCc3ccccc3Cl)[nH]c1=O)CN(C(=O)c1ccccc1)CC2. The molecule has 2 aromatic carbocycles. The second-order valence-electron chi connectivity index (χ2n) is 7.02. The Labute approximate surface area is 183 Å². The molecule has 0 radical (unpaired) electrons. The zero-order valence-electron chi connectivity index (χ0n) is 16.2. The number of halogens is 1. The van der Waals surface area contributed by atoms with Gasteiger partial charge in [-0.25, -0.2) is 0 Å². The molecule has 1 amide bonds. The number of nitrogens with zero attached hydrogens (tertiary/aromatic N) is 1. The van der Waals surface area contributed by atoms with E-state index in [2.05, 4.69) is 4.98 Å². The maximum absolute atomic E-state index is 13.0. The van der Waals surface area contributed by atoms with Crippen LogP contribution in [0.15, 0.2) is 64.4 Å². The fraction of sp³-hybridized carbons (Fsp3) is 0.174. The second kappa shape index (κ2) is 8.90. The molecule has 0 bridgehead atoms. The minimum Gasteiger partial charge on any atom is -0.334 e. The lowest BCUT2D eigenvalue weighted by molar-refractivity contribution is 0.0732. The number of carbonyl (C=O) groups excluding carboxylic acids is 1. The third kappa shape index (κ3) is 4.06. The van der Waals surface area contributed by atoms with Gasteiger partial charge in [0.25, 0.3) is 11.5 Å². The topological polar surface area (TPSA) is 77.0 Å². The number of carbonyl (C=O) groups is 1. The van der Waals surface area contributed by atoms with Crippen LogP contribution >= 0.6 is 23.4 Å². The van der Waals surface area contributed by atoms with Crippen molar-refractivity contribution in [3.63, 3.8) is 0 Å². The molecule has 5 nitrogen and oxygen atoms in total. The van der Waals surface area contributed by atoms with E-state index in [0.29, 0.717) is 41.4 Å². The van der Waals surface area contributed by atoms with Crippen LogP contribution in [0.2, 0.25) is 5.02 Å². The molecule has 2 heterocycles. The van der Waals surface area contributed by atoms with Gasteiger partial charge in [-0.05, 0) is 35.7 Å². The van der Waals surface area contributed by atoms with E-state index in [1.165, 1.54) is 11.8 Å². The van der Waals surface area contributed by atoms with E-state index >= 15 is 0 Å². The number of benzene rings is 2. The largest absolute Gasteiger partial charge is 0.334 e. The molecule has 7 heteroatoms. The summed E-state index contributed by atoms with van der Waals surface area (Å²) in [7, 11) is 0. The van der Waals surface area contributed by atoms with Gasteiger partial charge in [0.05, 0.1) is 10.6 Å². The lowest BCUT2D eigenvalue weighted by Crippen LogP contribution is -2.38. The van der Waals surface area contributed by atoms with Crippen molar-refractivity contribution < 1.29 is 4.79 Å². The Morgan fingerprint density at radius 1 is 1.13 bits per heavy atom. The van der Waals surface area contributed by atoms with Crippen molar-refractivity contribution in [3.05, 3.63) is 97.8 Å². The summed E-state index contributed by atoms with van der Waals surface area (Å²) < 4.78 is 0. The van der Waals surface area contributed by atoms with Gasteiger partial charge >= 0.3 is 0 Å². The summed E-state index contributed by atoms with van der Waals surface area (Å²) in [6.07, 6.45) is 1.65. The van der Waals surface area contributed by atoms with Crippen molar-refractivity contribution in [1.82, 2.24) is 9.88 Å². The van der Waals surface area contributed by atoms with E-state index in [1.807, 2.05) is 42.5 Å². The van der Waals surface area contributed by atoms with Crippen molar-refractivity contribution >= 4 is 35.5 Å². The van der Waals surface area contributed by atoms with Crippen molar-refractivity contribution in [2.45, 2.75) is 23.7 Å². The highest BCUT2D eigenvalue weighted by molar-refractivity contribution is 7.98. The highest BCUT2D eigenvalue weighted by Gasteiger charge is 2.27. The molecule has 4 rings (SSSR count). The van der Waals surface area contributed by atoms with Crippen LogP contribution in [0.1, 0.15) is 32.6 Å². The van der Waals surface area contributed by atoms with Crippen molar-refractivity contribution in [2.75, 3.05) is 6.54 Å². The van der Waals surface area contributed by atoms with Crippen LogP contribution in [0, 0.1) is 5.41 Å². The average Bonchev–Trinajstić information content (AvgIpc) is 2.78. The lowest BCUT2D eigenvalue weighted by atomic mass is 9.96. The standard InChI is InChI=1S/C23H20ClN3O2S/c24-20-9-5-4-8-16(20)14-30-22-19-13-27(23(29)15-6-2-1-3-7-15)11-10-17(19)18(12-25)21(28)26-22/h1-9,12,25H,10-11,13-14H2,(H,26,28). The number of nitrogens with one attached hydrogen (secondary N) is 2. The van der Waals surface area contributed by atoms with Crippen molar-refractivity contribution in [1.29, 1.82) is 5.41 Å². The van der Waals surface area contributed by atoms with Gasteiger partial charge in [0, 0.05) is 41.2 Å². The molecule has 1 aromatic heterocycles. The van der Waals surface area contributed by atoms with Gasteiger partial charge in [-0.2, -0.15) is 0 Å². The normalized spacial score (nSPS) is 13.0. The number of aromatic nitrogens is 1. The molecule has 0 saturated carbocycles. The second-order valence-corrected chi connectivity index (χ2v) is 8.41. The molecule has 0 spiro atoms. The predicted octanol–water partition coefficient (Wildman–Crippen LogP) is 4.52. The van der Waals surface area contributed by atoms with Crippen LogP contribution in [0.25, 0.3) is 0 Å². The smallest absolute Gasteiger partial charge is 0.257 e. The number of hydrogen-bond acceptors (Lipinski definition) is 4. The number of pyridine rings is 1. The van der Waals surface area contributed by atoms with E-state index < -0.39 is 0 Å². The molecule has 0 atom stereocenters. The number of thioether (sulfide) groups is 1. The minimum atomic E-state index is -0.270. The average molecular weight is 438 g/mol. The Bertz CT molecular complexity index is 1160. The molecule has 1 aliphatic rings. The maximum atomic E-state index is 13.0. The van der Waals surface area contributed by atoms with E-state index in [4.69, 9.17) is 17.0 Å².